The normalized spacial score (nSPS) is 14.0. The van der Waals surface area contributed by atoms with Gasteiger partial charge >= 0.3 is 0 Å². The summed E-state index contributed by atoms with van der Waals surface area (Å²) in [5.41, 5.74) is 1.43. The topological polar surface area (TPSA) is 64.2 Å². The Balaban J connectivity index is 2.13. The van der Waals surface area contributed by atoms with Crippen molar-refractivity contribution in [2.24, 2.45) is 0 Å². The first-order valence-electron chi connectivity index (χ1n) is 6.65. The van der Waals surface area contributed by atoms with Crippen LogP contribution in [-0.4, -0.2) is 24.2 Å². The third-order valence-corrected chi connectivity index (χ3v) is 4.24. The summed E-state index contributed by atoms with van der Waals surface area (Å²) in [5, 5.41) is 0. The molecule has 0 radical (unpaired) electrons. The number of H-pyrrole nitrogens is 1. The van der Waals surface area contributed by atoms with E-state index in [1.54, 1.807) is 20.3 Å². The van der Waals surface area contributed by atoms with Crippen molar-refractivity contribution in [1.29, 1.82) is 0 Å². The van der Waals surface area contributed by atoms with Gasteiger partial charge in [-0.3, -0.25) is 4.79 Å². The van der Waals surface area contributed by atoms with Gasteiger partial charge in [0.05, 0.1) is 19.9 Å². The van der Waals surface area contributed by atoms with E-state index >= 15 is 0 Å². The molecule has 1 aliphatic carbocycles. The minimum Gasteiger partial charge on any atom is -0.497 e. The molecule has 3 rings (SSSR count). The fraction of sp³-hybridized carbons (Fsp3) is 0.333. The van der Waals surface area contributed by atoms with Crippen LogP contribution in [0, 0.1) is 0 Å². The van der Waals surface area contributed by atoms with Gasteiger partial charge in [-0.25, -0.2) is 4.98 Å². The molecule has 0 saturated heterocycles. The lowest BCUT2D eigenvalue weighted by molar-refractivity contribution is 0.394. The van der Waals surface area contributed by atoms with Crippen LogP contribution >= 0.6 is 15.9 Å². The smallest absolute Gasteiger partial charge is 0.265 e. The summed E-state index contributed by atoms with van der Waals surface area (Å²) in [6.45, 7) is 0. The molecule has 1 aromatic carbocycles. The van der Waals surface area contributed by atoms with Gasteiger partial charge in [0.1, 0.15) is 21.8 Å². The SMILES string of the molecule is COc1cc(OC)cc(-c2nc(C3CC3)c(Br)c(=O)[nH]2)c1. The summed E-state index contributed by atoms with van der Waals surface area (Å²) < 4.78 is 11.0. The largest absolute Gasteiger partial charge is 0.497 e. The molecule has 1 aliphatic rings. The van der Waals surface area contributed by atoms with Crippen molar-refractivity contribution in [1.82, 2.24) is 9.97 Å². The maximum absolute atomic E-state index is 12.1. The molecule has 0 spiro atoms. The first-order valence-corrected chi connectivity index (χ1v) is 7.45. The lowest BCUT2D eigenvalue weighted by Gasteiger charge is -2.09. The second-order valence-electron chi connectivity index (χ2n) is 4.99. The van der Waals surface area contributed by atoms with E-state index in [0.717, 1.165) is 24.1 Å². The lowest BCUT2D eigenvalue weighted by Crippen LogP contribution is -2.13. The van der Waals surface area contributed by atoms with E-state index in [9.17, 15) is 4.79 Å². The average Bonchev–Trinajstić information content (AvgIpc) is 3.33. The number of nitrogens with zero attached hydrogens (tertiary/aromatic N) is 1. The Morgan fingerprint density at radius 1 is 1.19 bits per heavy atom. The van der Waals surface area contributed by atoms with Crippen LogP contribution in [0.2, 0.25) is 0 Å². The molecule has 0 aliphatic heterocycles. The zero-order valence-electron chi connectivity index (χ0n) is 11.8. The number of hydrogen-bond acceptors (Lipinski definition) is 4. The van der Waals surface area contributed by atoms with Crippen molar-refractivity contribution in [3.63, 3.8) is 0 Å². The second-order valence-corrected chi connectivity index (χ2v) is 5.78. The van der Waals surface area contributed by atoms with Gasteiger partial charge in [0.25, 0.3) is 5.56 Å². The summed E-state index contributed by atoms with van der Waals surface area (Å²) in [7, 11) is 3.18. The summed E-state index contributed by atoms with van der Waals surface area (Å²) in [5.74, 6) is 2.22. The summed E-state index contributed by atoms with van der Waals surface area (Å²) in [4.78, 5) is 19.5. The third-order valence-electron chi connectivity index (χ3n) is 3.48. The number of nitrogens with one attached hydrogen (secondary N) is 1. The van der Waals surface area contributed by atoms with Crippen LogP contribution in [0.25, 0.3) is 11.4 Å². The zero-order chi connectivity index (χ0) is 15.0. The number of rotatable bonds is 4. The molecule has 1 fully saturated rings. The molecule has 6 heteroatoms. The zero-order valence-corrected chi connectivity index (χ0v) is 13.4. The quantitative estimate of drug-likeness (QED) is 0.920. The van der Waals surface area contributed by atoms with E-state index in [4.69, 9.17) is 9.47 Å². The highest BCUT2D eigenvalue weighted by atomic mass is 79.9. The molecule has 1 aromatic heterocycles. The van der Waals surface area contributed by atoms with Crippen molar-refractivity contribution in [2.75, 3.05) is 14.2 Å². The summed E-state index contributed by atoms with van der Waals surface area (Å²) in [6.07, 6.45) is 2.16. The molecular weight excluding hydrogens is 336 g/mol. The van der Waals surface area contributed by atoms with Gasteiger partial charge in [-0.05, 0) is 40.9 Å². The fourth-order valence-corrected chi connectivity index (χ4v) is 2.70. The van der Waals surface area contributed by atoms with Crippen molar-refractivity contribution in [3.8, 4) is 22.9 Å². The summed E-state index contributed by atoms with van der Waals surface area (Å²) in [6, 6.07) is 5.43. The average molecular weight is 351 g/mol. The minimum atomic E-state index is -0.163. The van der Waals surface area contributed by atoms with Crippen LogP contribution in [0.5, 0.6) is 11.5 Å². The van der Waals surface area contributed by atoms with E-state index in [1.165, 1.54) is 0 Å². The highest BCUT2D eigenvalue weighted by molar-refractivity contribution is 9.10. The Morgan fingerprint density at radius 3 is 2.33 bits per heavy atom. The maximum atomic E-state index is 12.1. The molecule has 0 unspecified atom stereocenters. The monoisotopic (exact) mass is 350 g/mol. The van der Waals surface area contributed by atoms with Crippen molar-refractivity contribution < 1.29 is 9.47 Å². The Hall–Kier alpha value is -1.82. The number of benzene rings is 1. The highest BCUT2D eigenvalue weighted by Crippen LogP contribution is 2.41. The minimum absolute atomic E-state index is 0.163. The van der Waals surface area contributed by atoms with Crippen LogP contribution in [0.3, 0.4) is 0 Å². The second kappa shape index (κ2) is 5.52. The van der Waals surface area contributed by atoms with Crippen LogP contribution in [0.1, 0.15) is 24.5 Å². The van der Waals surface area contributed by atoms with E-state index in [-0.39, 0.29) is 5.56 Å². The van der Waals surface area contributed by atoms with Gasteiger partial charge in [-0.1, -0.05) is 0 Å². The molecule has 0 amide bonds. The Kier molecular flexibility index (Phi) is 3.71. The first-order chi connectivity index (χ1) is 10.1. The molecular formula is C15H15BrN2O3. The van der Waals surface area contributed by atoms with E-state index in [0.29, 0.717) is 27.7 Å². The number of halogens is 1. The molecule has 21 heavy (non-hydrogen) atoms. The standard InChI is InChI=1S/C15H15BrN2O3/c1-20-10-5-9(6-11(7-10)21-2)14-17-13(8-3-4-8)12(16)15(19)18-14/h5-8H,3-4H2,1-2H3,(H,17,18,19). The van der Waals surface area contributed by atoms with Crippen molar-refractivity contribution in [2.45, 2.75) is 18.8 Å². The number of aromatic nitrogens is 2. The molecule has 1 saturated carbocycles. The van der Waals surface area contributed by atoms with Gasteiger partial charge < -0.3 is 14.5 Å². The van der Waals surface area contributed by atoms with Crippen LogP contribution in [0.4, 0.5) is 0 Å². The van der Waals surface area contributed by atoms with Crippen molar-refractivity contribution in [3.05, 3.63) is 38.7 Å². The molecule has 0 bridgehead atoms. The van der Waals surface area contributed by atoms with Crippen LogP contribution < -0.4 is 15.0 Å². The third kappa shape index (κ3) is 2.81. The maximum Gasteiger partial charge on any atom is 0.265 e. The Morgan fingerprint density at radius 2 is 1.81 bits per heavy atom. The van der Waals surface area contributed by atoms with Gasteiger partial charge in [0, 0.05) is 17.5 Å². The summed E-state index contributed by atoms with van der Waals surface area (Å²) >= 11 is 3.33. The number of hydrogen-bond donors (Lipinski definition) is 1. The molecule has 5 nitrogen and oxygen atoms in total. The van der Waals surface area contributed by atoms with Gasteiger partial charge in [0.15, 0.2) is 0 Å². The van der Waals surface area contributed by atoms with Crippen LogP contribution in [-0.2, 0) is 0 Å². The molecule has 110 valence electrons. The lowest BCUT2D eigenvalue weighted by atomic mass is 10.1. The molecule has 0 atom stereocenters. The molecule has 1 heterocycles. The predicted molar refractivity (Wildman–Crippen MR) is 83.1 cm³/mol. The number of ether oxygens (including phenoxy) is 2. The van der Waals surface area contributed by atoms with Crippen molar-refractivity contribution >= 4 is 15.9 Å². The Bertz CT molecular complexity index is 716. The van der Waals surface area contributed by atoms with Gasteiger partial charge in [-0.2, -0.15) is 0 Å². The Labute approximate surface area is 130 Å². The highest BCUT2D eigenvalue weighted by Gasteiger charge is 2.29. The first kappa shape index (κ1) is 14.1. The predicted octanol–water partition coefficient (Wildman–Crippen LogP) is 3.09. The molecule has 2 aromatic rings. The van der Waals surface area contributed by atoms with E-state index < -0.39 is 0 Å². The van der Waals surface area contributed by atoms with E-state index in [2.05, 4.69) is 25.9 Å². The van der Waals surface area contributed by atoms with Gasteiger partial charge in [-0.15, -0.1) is 0 Å². The fourth-order valence-electron chi connectivity index (χ4n) is 2.18. The number of aromatic amines is 1. The van der Waals surface area contributed by atoms with E-state index in [1.807, 2.05) is 12.1 Å². The molecule has 1 N–H and O–H groups in total. The van der Waals surface area contributed by atoms with Crippen LogP contribution in [0.15, 0.2) is 27.5 Å². The number of methoxy groups -OCH3 is 2. The van der Waals surface area contributed by atoms with Gasteiger partial charge in [0.2, 0.25) is 0 Å².